The largest absolute Gasteiger partial charge is 0.504 e. The van der Waals surface area contributed by atoms with Crippen molar-refractivity contribution in [3.05, 3.63) is 54.2 Å². The number of hydrogen-bond acceptors (Lipinski definition) is 5. The fourth-order valence-electron chi connectivity index (χ4n) is 2.87. The van der Waals surface area contributed by atoms with Crippen LogP contribution in [-0.2, 0) is 4.74 Å². The Morgan fingerprint density at radius 1 is 0.800 bits per heavy atom. The van der Waals surface area contributed by atoms with E-state index in [0.717, 1.165) is 57.1 Å². The number of benzene rings is 1. The molecule has 1 aromatic rings. The zero-order valence-corrected chi connectivity index (χ0v) is 18.1. The van der Waals surface area contributed by atoms with E-state index in [0.29, 0.717) is 6.61 Å². The van der Waals surface area contributed by atoms with Crippen LogP contribution >= 0.6 is 0 Å². The molecule has 0 bridgehead atoms. The zero-order chi connectivity index (χ0) is 22.0. The minimum Gasteiger partial charge on any atom is -0.504 e. The fraction of sp³-hybridized carbons (Fsp3) is 0.480. The van der Waals surface area contributed by atoms with E-state index in [1.165, 1.54) is 19.3 Å². The molecule has 1 rings (SSSR count). The van der Waals surface area contributed by atoms with Gasteiger partial charge in [-0.3, -0.25) is 0 Å². The molecule has 1 aromatic carbocycles. The second kappa shape index (κ2) is 16.1. The number of rotatable bonds is 15. The summed E-state index contributed by atoms with van der Waals surface area (Å²) in [6.45, 7) is 2.44. The molecule has 0 atom stereocenters. The number of esters is 1. The van der Waals surface area contributed by atoms with Crippen LogP contribution in [0.25, 0.3) is 0 Å². The molecule has 166 valence electrons. The van der Waals surface area contributed by atoms with Crippen molar-refractivity contribution in [1.82, 2.24) is 0 Å². The number of carbonyl (C=O) groups excluding carboxylic acids is 1. The lowest BCUT2D eigenvalue weighted by molar-refractivity contribution is 0.0496. The van der Waals surface area contributed by atoms with Gasteiger partial charge in [0.25, 0.3) is 0 Å². The predicted octanol–water partition coefficient (Wildman–Crippen LogP) is 6.55. The Morgan fingerprint density at radius 2 is 1.33 bits per heavy atom. The van der Waals surface area contributed by atoms with E-state index < -0.39 is 23.2 Å². The van der Waals surface area contributed by atoms with Crippen molar-refractivity contribution in [2.45, 2.75) is 71.1 Å². The summed E-state index contributed by atoms with van der Waals surface area (Å²) in [5.74, 6) is -2.37. The number of aromatic hydroxyl groups is 3. The molecule has 0 aliphatic heterocycles. The van der Waals surface area contributed by atoms with Crippen LogP contribution in [0.4, 0.5) is 0 Å². The Balaban J connectivity index is 1.98. The number of unbranched alkanes of at least 4 members (excludes halogenated alkanes) is 6. The predicted molar refractivity (Wildman–Crippen MR) is 121 cm³/mol. The smallest absolute Gasteiger partial charge is 0.338 e. The van der Waals surface area contributed by atoms with Gasteiger partial charge in [0.1, 0.15) is 0 Å². The van der Waals surface area contributed by atoms with E-state index in [9.17, 15) is 20.1 Å². The molecular formula is C25H36O5. The Labute approximate surface area is 180 Å². The number of carbonyl (C=O) groups is 1. The third-order valence-corrected chi connectivity index (χ3v) is 4.58. The standard InChI is InChI=1S/C25H36O5/c1-2-3-4-5-6-7-8-9-10-11-12-13-14-15-16-17-18-30-25(29)21-19-22(26)24(28)23(27)20-21/h3-4,6-7,9-10,19-20,26-28H,2,5,8,11-18H2,1H3/b4-3-,7-6-,10-9-. The van der Waals surface area contributed by atoms with Crippen LogP contribution in [0, 0.1) is 0 Å². The average Bonchev–Trinajstić information content (AvgIpc) is 2.73. The van der Waals surface area contributed by atoms with Gasteiger partial charge < -0.3 is 20.1 Å². The van der Waals surface area contributed by atoms with Crippen LogP contribution < -0.4 is 0 Å². The highest BCUT2D eigenvalue weighted by molar-refractivity contribution is 5.91. The molecule has 0 saturated carbocycles. The van der Waals surface area contributed by atoms with E-state index in [4.69, 9.17) is 4.74 Å². The molecule has 0 spiro atoms. The van der Waals surface area contributed by atoms with E-state index in [1.54, 1.807) is 0 Å². The molecule has 0 saturated heterocycles. The first kappa shape index (κ1) is 25.3. The molecule has 30 heavy (non-hydrogen) atoms. The van der Waals surface area contributed by atoms with Crippen molar-refractivity contribution in [1.29, 1.82) is 0 Å². The summed E-state index contributed by atoms with van der Waals surface area (Å²) in [5, 5.41) is 28.1. The summed E-state index contributed by atoms with van der Waals surface area (Å²) in [7, 11) is 0. The van der Waals surface area contributed by atoms with Crippen molar-refractivity contribution in [3.63, 3.8) is 0 Å². The number of hydrogen-bond donors (Lipinski definition) is 3. The van der Waals surface area contributed by atoms with Gasteiger partial charge in [0.2, 0.25) is 0 Å². The van der Waals surface area contributed by atoms with Crippen molar-refractivity contribution in [3.8, 4) is 17.2 Å². The van der Waals surface area contributed by atoms with Crippen molar-refractivity contribution in [2.24, 2.45) is 0 Å². The van der Waals surface area contributed by atoms with Crippen LogP contribution in [0.2, 0.25) is 0 Å². The molecule has 0 heterocycles. The Morgan fingerprint density at radius 3 is 1.97 bits per heavy atom. The first-order valence-electron chi connectivity index (χ1n) is 10.9. The average molecular weight is 417 g/mol. The van der Waals surface area contributed by atoms with Gasteiger partial charge in [0.05, 0.1) is 12.2 Å². The Hall–Kier alpha value is -2.69. The summed E-state index contributed by atoms with van der Waals surface area (Å²) >= 11 is 0. The molecule has 5 nitrogen and oxygen atoms in total. The zero-order valence-electron chi connectivity index (χ0n) is 18.1. The van der Waals surface area contributed by atoms with Crippen molar-refractivity contribution < 1.29 is 24.9 Å². The summed E-state index contributed by atoms with van der Waals surface area (Å²) in [6.07, 6.45) is 23.9. The number of phenolic OH excluding ortho intramolecular Hbond substituents is 3. The summed E-state index contributed by atoms with van der Waals surface area (Å²) in [5.41, 5.74) is 0.0136. The minimum atomic E-state index is -0.644. The van der Waals surface area contributed by atoms with Gasteiger partial charge in [-0.2, -0.15) is 0 Å². The van der Waals surface area contributed by atoms with E-state index >= 15 is 0 Å². The summed E-state index contributed by atoms with van der Waals surface area (Å²) < 4.78 is 5.14. The van der Waals surface area contributed by atoms with Gasteiger partial charge in [-0.15, -0.1) is 0 Å². The van der Waals surface area contributed by atoms with Crippen LogP contribution in [-0.4, -0.2) is 27.9 Å². The first-order chi connectivity index (χ1) is 14.6. The second-order valence-electron chi connectivity index (χ2n) is 7.20. The van der Waals surface area contributed by atoms with Crippen LogP contribution in [0.15, 0.2) is 48.6 Å². The quantitative estimate of drug-likeness (QED) is 0.131. The molecule has 0 aromatic heterocycles. The normalized spacial score (nSPS) is 11.8. The highest BCUT2D eigenvalue weighted by Gasteiger charge is 2.14. The maximum atomic E-state index is 11.9. The summed E-state index contributed by atoms with van der Waals surface area (Å²) in [6, 6.07) is 2.15. The Kier molecular flexibility index (Phi) is 13.6. The second-order valence-corrected chi connectivity index (χ2v) is 7.20. The molecular weight excluding hydrogens is 380 g/mol. The van der Waals surface area contributed by atoms with Gasteiger partial charge in [-0.1, -0.05) is 69.1 Å². The summed E-state index contributed by atoms with van der Waals surface area (Å²) in [4.78, 5) is 11.9. The van der Waals surface area contributed by atoms with Crippen molar-refractivity contribution >= 4 is 5.97 Å². The third-order valence-electron chi connectivity index (χ3n) is 4.58. The lowest BCUT2D eigenvalue weighted by Gasteiger charge is -2.07. The van der Waals surface area contributed by atoms with Gasteiger partial charge in [-0.05, 0) is 50.7 Å². The molecule has 0 radical (unpaired) electrons. The highest BCUT2D eigenvalue weighted by Crippen LogP contribution is 2.35. The van der Waals surface area contributed by atoms with Gasteiger partial charge >= 0.3 is 5.97 Å². The van der Waals surface area contributed by atoms with Gasteiger partial charge in [0, 0.05) is 0 Å². The van der Waals surface area contributed by atoms with E-state index in [-0.39, 0.29) is 5.56 Å². The molecule has 0 unspecified atom stereocenters. The third kappa shape index (κ3) is 11.3. The van der Waals surface area contributed by atoms with Gasteiger partial charge in [0.15, 0.2) is 17.2 Å². The van der Waals surface area contributed by atoms with E-state index in [1.807, 2.05) is 0 Å². The Bertz CT molecular complexity index is 680. The molecule has 0 amide bonds. The molecule has 0 aliphatic carbocycles. The lowest BCUT2D eigenvalue weighted by Crippen LogP contribution is -2.06. The molecule has 5 heteroatoms. The van der Waals surface area contributed by atoms with Crippen molar-refractivity contribution in [2.75, 3.05) is 6.61 Å². The monoisotopic (exact) mass is 416 g/mol. The fourth-order valence-corrected chi connectivity index (χ4v) is 2.87. The van der Waals surface area contributed by atoms with E-state index in [2.05, 4.69) is 43.4 Å². The first-order valence-corrected chi connectivity index (χ1v) is 10.9. The maximum absolute atomic E-state index is 11.9. The molecule has 0 fully saturated rings. The molecule has 0 aliphatic rings. The highest BCUT2D eigenvalue weighted by atomic mass is 16.5. The lowest BCUT2D eigenvalue weighted by atomic mass is 10.1. The molecule has 3 N–H and O–H groups in total. The van der Waals surface area contributed by atoms with Gasteiger partial charge in [-0.25, -0.2) is 4.79 Å². The maximum Gasteiger partial charge on any atom is 0.338 e. The number of allylic oxidation sites excluding steroid dienone is 6. The number of ether oxygens (including phenoxy) is 1. The van der Waals surface area contributed by atoms with Crippen LogP contribution in [0.1, 0.15) is 81.5 Å². The SMILES string of the molecule is CC/C=C\C/C=C\C/C=C\CCCCCCCCOC(=O)c1cc(O)c(O)c(O)c1. The van der Waals surface area contributed by atoms with Crippen LogP contribution in [0.5, 0.6) is 17.2 Å². The number of phenols is 3. The topological polar surface area (TPSA) is 87.0 Å². The van der Waals surface area contributed by atoms with Crippen LogP contribution in [0.3, 0.4) is 0 Å². The minimum absolute atomic E-state index is 0.0136.